The zero-order valence-electron chi connectivity index (χ0n) is 8.30. The van der Waals surface area contributed by atoms with Crippen LogP contribution < -0.4 is 5.32 Å². The second-order valence-electron chi connectivity index (χ2n) is 3.30. The Morgan fingerprint density at radius 2 is 2.27 bits per heavy atom. The third-order valence-electron chi connectivity index (χ3n) is 2.10. The molecule has 0 spiro atoms. The van der Waals surface area contributed by atoms with Gasteiger partial charge in [0.2, 0.25) is 0 Å². The van der Waals surface area contributed by atoms with Gasteiger partial charge in [-0.1, -0.05) is 0 Å². The minimum absolute atomic E-state index is 0.00143. The van der Waals surface area contributed by atoms with Crippen LogP contribution in [0.3, 0.4) is 0 Å². The molecule has 0 radical (unpaired) electrons. The maximum Gasteiger partial charge on any atom is 0.471 e. The normalized spacial score (nSPS) is 22.9. The van der Waals surface area contributed by atoms with Gasteiger partial charge in [-0.05, 0) is 7.05 Å². The second-order valence-corrected chi connectivity index (χ2v) is 3.30. The Labute approximate surface area is 85.4 Å². The van der Waals surface area contributed by atoms with Crippen molar-refractivity contribution in [3.05, 3.63) is 0 Å². The molecule has 7 heteroatoms. The lowest BCUT2D eigenvalue weighted by Gasteiger charge is -2.33. The lowest BCUT2D eigenvalue weighted by Crippen LogP contribution is -2.52. The van der Waals surface area contributed by atoms with Gasteiger partial charge in [0, 0.05) is 19.6 Å². The minimum Gasteiger partial charge on any atom is -0.373 e. The minimum atomic E-state index is -4.79. The molecule has 0 aromatic rings. The van der Waals surface area contributed by atoms with Crippen LogP contribution in [0.4, 0.5) is 13.2 Å². The van der Waals surface area contributed by atoms with E-state index in [1.807, 2.05) is 0 Å². The standard InChI is InChI=1S/C8H13F3N2O2/c1-12-4-6-5-13(2-3-15-6)7(14)8(9,10)11/h6,12H,2-5H2,1H3/t6-/m0/s1. The van der Waals surface area contributed by atoms with Crippen molar-refractivity contribution in [3.63, 3.8) is 0 Å². The van der Waals surface area contributed by atoms with Gasteiger partial charge >= 0.3 is 12.1 Å². The summed E-state index contributed by atoms with van der Waals surface area (Å²) < 4.78 is 41.5. The molecule has 1 atom stereocenters. The van der Waals surface area contributed by atoms with E-state index in [4.69, 9.17) is 4.74 Å². The number of nitrogens with one attached hydrogen (secondary N) is 1. The molecule has 0 saturated carbocycles. The van der Waals surface area contributed by atoms with Crippen molar-refractivity contribution in [1.29, 1.82) is 0 Å². The van der Waals surface area contributed by atoms with Crippen LogP contribution >= 0.6 is 0 Å². The van der Waals surface area contributed by atoms with Crippen LogP contribution in [0.15, 0.2) is 0 Å². The highest BCUT2D eigenvalue weighted by Gasteiger charge is 2.43. The molecule has 1 amide bonds. The first kappa shape index (κ1) is 12.3. The van der Waals surface area contributed by atoms with Crippen molar-refractivity contribution in [3.8, 4) is 0 Å². The highest BCUT2D eigenvalue weighted by molar-refractivity contribution is 5.81. The van der Waals surface area contributed by atoms with Crippen molar-refractivity contribution in [1.82, 2.24) is 10.2 Å². The molecule has 1 saturated heterocycles. The molecule has 88 valence electrons. The quantitative estimate of drug-likeness (QED) is 0.720. The maximum absolute atomic E-state index is 12.1. The molecule has 0 aromatic heterocycles. The van der Waals surface area contributed by atoms with Crippen LogP contribution in [-0.2, 0) is 9.53 Å². The number of nitrogens with zero attached hydrogens (tertiary/aromatic N) is 1. The lowest BCUT2D eigenvalue weighted by molar-refractivity contribution is -0.191. The number of amides is 1. The van der Waals surface area contributed by atoms with Crippen molar-refractivity contribution in [2.45, 2.75) is 12.3 Å². The molecule has 1 heterocycles. The molecule has 1 aliphatic rings. The Balaban J connectivity index is 2.52. The average Bonchev–Trinajstić information content (AvgIpc) is 2.16. The molecular weight excluding hydrogens is 213 g/mol. The first-order valence-electron chi connectivity index (χ1n) is 4.57. The van der Waals surface area contributed by atoms with Gasteiger partial charge in [0.15, 0.2) is 0 Å². The van der Waals surface area contributed by atoms with Gasteiger partial charge in [0.25, 0.3) is 0 Å². The average molecular weight is 226 g/mol. The summed E-state index contributed by atoms with van der Waals surface area (Å²) in [5, 5.41) is 2.79. The molecule has 0 bridgehead atoms. The summed E-state index contributed by atoms with van der Waals surface area (Å²) in [6, 6.07) is 0. The maximum atomic E-state index is 12.1. The largest absolute Gasteiger partial charge is 0.471 e. The third kappa shape index (κ3) is 3.35. The number of likely N-dealkylation sites (N-methyl/N-ethyl adjacent to an activating group) is 1. The number of carbonyl (C=O) groups is 1. The van der Waals surface area contributed by atoms with E-state index in [0.29, 0.717) is 6.54 Å². The number of alkyl halides is 3. The Bertz CT molecular complexity index is 230. The number of carbonyl (C=O) groups excluding carboxylic acids is 1. The number of hydrogen-bond donors (Lipinski definition) is 1. The monoisotopic (exact) mass is 226 g/mol. The topological polar surface area (TPSA) is 41.6 Å². The van der Waals surface area contributed by atoms with Gasteiger partial charge in [-0.15, -0.1) is 0 Å². The molecular formula is C8H13F3N2O2. The predicted octanol–water partition coefficient (Wildman–Crippen LogP) is -0.00450. The molecule has 0 unspecified atom stereocenters. The zero-order chi connectivity index (χ0) is 11.5. The van der Waals surface area contributed by atoms with Crippen molar-refractivity contribution >= 4 is 5.91 Å². The Morgan fingerprint density at radius 3 is 2.80 bits per heavy atom. The highest BCUT2D eigenvalue weighted by Crippen LogP contribution is 2.19. The lowest BCUT2D eigenvalue weighted by atomic mass is 10.2. The number of rotatable bonds is 2. The number of halogens is 3. The summed E-state index contributed by atoms with van der Waals surface area (Å²) in [5.74, 6) is -1.79. The fraction of sp³-hybridized carbons (Fsp3) is 0.875. The van der Waals surface area contributed by atoms with E-state index in [1.165, 1.54) is 0 Å². The van der Waals surface area contributed by atoms with Gasteiger partial charge in [0.05, 0.1) is 12.7 Å². The summed E-state index contributed by atoms with van der Waals surface area (Å²) in [6.45, 7) is 0.563. The molecule has 0 aromatic carbocycles. The highest BCUT2D eigenvalue weighted by atomic mass is 19.4. The van der Waals surface area contributed by atoms with Gasteiger partial charge in [0.1, 0.15) is 0 Å². The van der Waals surface area contributed by atoms with Gasteiger partial charge < -0.3 is 15.0 Å². The van der Waals surface area contributed by atoms with Crippen molar-refractivity contribution < 1.29 is 22.7 Å². The summed E-state index contributed by atoms with van der Waals surface area (Å²) in [6.07, 6.45) is -5.16. The van der Waals surface area contributed by atoms with Crippen LogP contribution in [0.25, 0.3) is 0 Å². The Hall–Kier alpha value is -0.820. The molecule has 15 heavy (non-hydrogen) atoms. The van der Waals surface area contributed by atoms with Crippen molar-refractivity contribution in [2.24, 2.45) is 0 Å². The summed E-state index contributed by atoms with van der Waals surface area (Å²) in [7, 11) is 1.67. The molecule has 1 aliphatic heterocycles. The van der Waals surface area contributed by atoms with E-state index >= 15 is 0 Å². The molecule has 1 rings (SSSR count). The Morgan fingerprint density at radius 1 is 1.60 bits per heavy atom. The summed E-state index contributed by atoms with van der Waals surface area (Å²) >= 11 is 0. The predicted molar refractivity (Wildman–Crippen MR) is 46.3 cm³/mol. The van der Waals surface area contributed by atoms with E-state index in [9.17, 15) is 18.0 Å². The van der Waals surface area contributed by atoms with E-state index in [0.717, 1.165) is 4.90 Å². The summed E-state index contributed by atoms with van der Waals surface area (Å²) in [4.78, 5) is 11.7. The number of ether oxygens (including phenoxy) is 1. The molecule has 1 N–H and O–H groups in total. The Kier molecular flexibility index (Phi) is 3.92. The van der Waals surface area contributed by atoms with Crippen LogP contribution in [-0.4, -0.2) is 56.4 Å². The number of hydrogen-bond acceptors (Lipinski definition) is 3. The van der Waals surface area contributed by atoms with Crippen LogP contribution in [0.5, 0.6) is 0 Å². The van der Waals surface area contributed by atoms with E-state index in [-0.39, 0.29) is 25.8 Å². The first-order chi connectivity index (χ1) is 6.95. The third-order valence-corrected chi connectivity index (χ3v) is 2.10. The van der Waals surface area contributed by atoms with Crippen LogP contribution in [0.2, 0.25) is 0 Å². The molecule has 4 nitrogen and oxygen atoms in total. The van der Waals surface area contributed by atoms with Gasteiger partial charge in [-0.25, -0.2) is 0 Å². The molecule has 1 fully saturated rings. The SMILES string of the molecule is CNC[C@H]1CN(C(=O)C(F)(F)F)CCO1. The first-order valence-corrected chi connectivity index (χ1v) is 4.57. The molecule has 0 aliphatic carbocycles. The smallest absolute Gasteiger partial charge is 0.373 e. The van der Waals surface area contributed by atoms with E-state index < -0.39 is 12.1 Å². The fourth-order valence-electron chi connectivity index (χ4n) is 1.43. The van der Waals surface area contributed by atoms with E-state index in [2.05, 4.69) is 5.32 Å². The van der Waals surface area contributed by atoms with Crippen LogP contribution in [0.1, 0.15) is 0 Å². The second kappa shape index (κ2) is 4.80. The van der Waals surface area contributed by atoms with Crippen LogP contribution in [0, 0.1) is 0 Å². The zero-order valence-corrected chi connectivity index (χ0v) is 8.30. The number of morpholine rings is 1. The van der Waals surface area contributed by atoms with E-state index in [1.54, 1.807) is 7.05 Å². The van der Waals surface area contributed by atoms with Gasteiger partial charge in [-0.3, -0.25) is 4.79 Å². The van der Waals surface area contributed by atoms with Gasteiger partial charge in [-0.2, -0.15) is 13.2 Å². The van der Waals surface area contributed by atoms with Crippen molar-refractivity contribution in [2.75, 3.05) is 33.3 Å². The fourth-order valence-corrected chi connectivity index (χ4v) is 1.43. The summed E-state index contributed by atoms with van der Waals surface area (Å²) in [5.41, 5.74) is 0.